The van der Waals surface area contributed by atoms with E-state index in [0.29, 0.717) is 38.5 Å². The Morgan fingerprint density at radius 2 is 1.85 bits per heavy atom. The van der Waals surface area contributed by atoms with Gasteiger partial charge in [-0.2, -0.15) is 9.40 Å². The lowest BCUT2D eigenvalue weighted by Crippen LogP contribution is -2.40. The molecule has 8 heteroatoms. The van der Waals surface area contributed by atoms with Crippen LogP contribution in [-0.2, 0) is 21.3 Å². The molecule has 0 saturated carbocycles. The number of hydrogen-bond donors (Lipinski definition) is 0. The van der Waals surface area contributed by atoms with Crippen molar-refractivity contribution in [3.05, 3.63) is 59.6 Å². The van der Waals surface area contributed by atoms with Crippen molar-refractivity contribution in [3.8, 4) is 10.6 Å². The Morgan fingerprint density at radius 1 is 1.08 bits per heavy atom. The molecule has 4 rings (SSSR count). The third-order valence-corrected chi connectivity index (χ3v) is 7.03. The Bertz CT molecular complexity index is 961. The second kappa shape index (κ2) is 7.32. The van der Waals surface area contributed by atoms with Crippen molar-refractivity contribution in [1.29, 1.82) is 0 Å². The molecular weight excluding hydrogens is 370 g/mol. The highest BCUT2D eigenvalue weighted by molar-refractivity contribution is 7.89. The monoisotopic (exact) mass is 389 g/mol. The summed E-state index contributed by atoms with van der Waals surface area (Å²) in [6.07, 6.45) is 1.65. The Kier molecular flexibility index (Phi) is 4.90. The minimum Gasteiger partial charge on any atom is -0.379 e. The predicted molar refractivity (Wildman–Crippen MR) is 101 cm³/mol. The zero-order valence-corrected chi connectivity index (χ0v) is 15.7. The topological polar surface area (TPSA) is 64.4 Å². The standard InChI is InChI=1S/C18H19N3O3S2/c22-26(23,21-8-10-24-11-9-21)17-14-20(13-15-5-2-1-3-6-15)19-18(17)16-7-4-12-25-16/h1-7,12,14H,8-11,13H2. The first-order valence-corrected chi connectivity index (χ1v) is 10.7. The number of hydrogen-bond acceptors (Lipinski definition) is 5. The summed E-state index contributed by atoms with van der Waals surface area (Å²) in [6.45, 7) is 2.11. The molecule has 0 amide bonds. The van der Waals surface area contributed by atoms with E-state index in [9.17, 15) is 8.42 Å². The zero-order chi connectivity index (χ0) is 18.0. The van der Waals surface area contributed by atoms with Gasteiger partial charge < -0.3 is 4.74 Å². The SMILES string of the molecule is O=S(=O)(c1cn(Cc2ccccc2)nc1-c1cccs1)N1CCOCC1. The number of nitrogens with zero attached hydrogens (tertiary/aromatic N) is 3. The molecule has 1 fully saturated rings. The van der Waals surface area contributed by atoms with Crippen molar-refractivity contribution in [3.63, 3.8) is 0 Å². The van der Waals surface area contributed by atoms with E-state index < -0.39 is 10.0 Å². The van der Waals surface area contributed by atoms with Gasteiger partial charge in [0.15, 0.2) is 0 Å². The highest BCUT2D eigenvalue weighted by Gasteiger charge is 2.31. The van der Waals surface area contributed by atoms with Crippen LogP contribution in [0.25, 0.3) is 10.6 Å². The number of benzene rings is 1. The molecule has 0 aliphatic carbocycles. The molecule has 3 aromatic rings. The highest BCUT2D eigenvalue weighted by atomic mass is 32.2. The Morgan fingerprint density at radius 3 is 2.54 bits per heavy atom. The summed E-state index contributed by atoms with van der Waals surface area (Å²) >= 11 is 1.49. The number of aromatic nitrogens is 2. The summed E-state index contributed by atoms with van der Waals surface area (Å²) in [4.78, 5) is 1.11. The van der Waals surface area contributed by atoms with Crippen LogP contribution in [0.2, 0.25) is 0 Å². The van der Waals surface area contributed by atoms with Gasteiger partial charge in [-0.05, 0) is 17.0 Å². The fourth-order valence-corrected chi connectivity index (χ4v) is 5.30. The summed E-state index contributed by atoms with van der Waals surface area (Å²) in [5.74, 6) is 0. The molecule has 1 saturated heterocycles. The van der Waals surface area contributed by atoms with Crippen LogP contribution in [0, 0.1) is 0 Å². The van der Waals surface area contributed by atoms with Crippen LogP contribution in [-0.4, -0.2) is 48.8 Å². The van der Waals surface area contributed by atoms with E-state index >= 15 is 0 Å². The van der Waals surface area contributed by atoms with Crippen molar-refractivity contribution in [2.45, 2.75) is 11.4 Å². The zero-order valence-electron chi connectivity index (χ0n) is 14.1. The average molecular weight is 390 g/mol. The van der Waals surface area contributed by atoms with Gasteiger partial charge in [0.25, 0.3) is 0 Å². The van der Waals surface area contributed by atoms with Gasteiger partial charge in [0.05, 0.1) is 24.6 Å². The van der Waals surface area contributed by atoms with Gasteiger partial charge >= 0.3 is 0 Å². The fraction of sp³-hybridized carbons (Fsp3) is 0.278. The molecule has 26 heavy (non-hydrogen) atoms. The van der Waals surface area contributed by atoms with Crippen LogP contribution in [0.3, 0.4) is 0 Å². The minimum absolute atomic E-state index is 0.262. The van der Waals surface area contributed by atoms with E-state index in [4.69, 9.17) is 4.74 Å². The quantitative estimate of drug-likeness (QED) is 0.673. The summed E-state index contributed by atoms with van der Waals surface area (Å²) in [5, 5.41) is 6.53. The van der Waals surface area contributed by atoms with Crippen molar-refractivity contribution in [2.75, 3.05) is 26.3 Å². The normalized spacial score (nSPS) is 16.0. The van der Waals surface area contributed by atoms with Crippen molar-refractivity contribution < 1.29 is 13.2 Å². The number of rotatable bonds is 5. The van der Waals surface area contributed by atoms with Crippen LogP contribution in [0.15, 0.2) is 58.9 Å². The smallest absolute Gasteiger partial charge is 0.247 e. The second-order valence-electron chi connectivity index (χ2n) is 6.02. The predicted octanol–water partition coefficient (Wildman–Crippen LogP) is 2.68. The van der Waals surface area contributed by atoms with Gasteiger partial charge in [-0.1, -0.05) is 36.4 Å². The molecule has 0 spiro atoms. The number of ether oxygens (including phenoxy) is 1. The van der Waals surface area contributed by atoms with E-state index in [1.54, 1.807) is 10.9 Å². The molecule has 0 unspecified atom stereocenters. The maximum absolute atomic E-state index is 13.2. The van der Waals surface area contributed by atoms with Crippen LogP contribution < -0.4 is 0 Å². The Hall–Kier alpha value is -2.00. The molecule has 2 aromatic heterocycles. The molecule has 0 radical (unpaired) electrons. The molecule has 0 bridgehead atoms. The molecule has 0 atom stereocenters. The van der Waals surface area contributed by atoms with Crippen LogP contribution in [0.1, 0.15) is 5.56 Å². The lowest BCUT2D eigenvalue weighted by atomic mass is 10.2. The maximum atomic E-state index is 13.2. The summed E-state index contributed by atoms with van der Waals surface area (Å²) in [7, 11) is -3.61. The third-order valence-electron chi connectivity index (χ3n) is 4.26. The van der Waals surface area contributed by atoms with Gasteiger partial charge in [-0.15, -0.1) is 11.3 Å². The largest absolute Gasteiger partial charge is 0.379 e. The lowest BCUT2D eigenvalue weighted by Gasteiger charge is -2.25. The second-order valence-corrected chi connectivity index (χ2v) is 8.87. The molecule has 1 aliphatic heterocycles. The summed E-state index contributed by atoms with van der Waals surface area (Å²) in [6, 6.07) is 13.7. The Balaban J connectivity index is 1.74. The molecule has 136 valence electrons. The van der Waals surface area contributed by atoms with E-state index in [0.717, 1.165) is 10.4 Å². The van der Waals surface area contributed by atoms with Gasteiger partial charge in [-0.3, -0.25) is 4.68 Å². The van der Waals surface area contributed by atoms with Crippen LogP contribution in [0.4, 0.5) is 0 Å². The van der Waals surface area contributed by atoms with Gasteiger partial charge in [0.1, 0.15) is 10.6 Å². The molecule has 3 heterocycles. The summed E-state index contributed by atoms with van der Waals surface area (Å²) < 4.78 is 34.9. The highest BCUT2D eigenvalue weighted by Crippen LogP contribution is 2.31. The average Bonchev–Trinajstić information content (AvgIpc) is 3.33. The number of thiophene rings is 1. The van der Waals surface area contributed by atoms with Crippen molar-refractivity contribution >= 4 is 21.4 Å². The molecule has 6 nitrogen and oxygen atoms in total. The molecule has 1 aliphatic rings. The first-order chi connectivity index (χ1) is 12.6. The Labute approximate surface area is 156 Å². The lowest BCUT2D eigenvalue weighted by molar-refractivity contribution is 0.0730. The maximum Gasteiger partial charge on any atom is 0.247 e. The third kappa shape index (κ3) is 3.45. The van der Waals surface area contributed by atoms with E-state index in [-0.39, 0.29) is 4.90 Å². The summed E-state index contributed by atoms with van der Waals surface area (Å²) in [5.41, 5.74) is 1.59. The number of morpholine rings is 1. The minimum atomic E-state index is -3.61. The molecule has 1 aromatic carbocycles. The van der Waals surface area contributed by atoms with Crippen molar-refractivity contribution in [2.24, 2.45) is 0 Å². The van der Waals surface area contributed by atoms with E-state index in [1.165, 1.54) is 15.6 Å². The first kappa shape index (κ1) is 17.4. The first-order valence-electron chi connectivity index (χ1n) is 8.38. The molecule has 0 N–H and O–H groups in total. The van der Waals surface area contributed by atoms with Gasteiger partial charge in [0.2, 0.25) is 10.0 Å². The van der Waals surface area contributed by atoms with Crippen LogP contribution >= 0.6 is 11.3 Å². The van der Waals surface area contributed by atoms with Gasteiger partial charge in [-0.25, -0.2) is 8.42 Å². The van der Waals surface area contributed by atoms with E-state index in [1.807, 2.05) is 47.8 Å². The molecular formula is C18H19N3O3S2. The number of sulfonamides is 1. The fourth-order valence-electron chi connectivity index (χ4n) is 2.95. The van der Waals surface area contributed by atoms with E-state index in [2.05, 4.69) is 5.10 Å². The van der Waals surface area contributed by atoms with Crippen molar-refractivity contribution in [1.82, 2.24) is 14.1 Å². The van der Waals surface area contributed by atoms with Gasteiger partial charge in [0, 0.05) is 19.3 Å². The van der Waals surface area contributed by atoms with Crippen LogP contribution in [0.5, 0.6) is 0 Å².